The van der Waals surface area contributed by atoms with Crippen molar-refractivity contribution < 1.29 is 52.7 Å². The Labute approximate surface area is 417 Å². The van der Waals surface area contributed by atoms with Gasteiger partial charge in [-0.15, -0.1) is 0 Å². The summed E-state index contributed by atoms with van der Waals surface area (Å²) in [7, 11) is 0. The summed E-state index contributed by atoms with van der Waals surface area (Å²) in [5.74, 6) is 0.162. The number of anilines is 2. The largest absolute Gasteiger partial charge is 0.416 e. The first-order chi connectivity index (χ1) is 34.0. The highest BCUT2D eigenvalue weighted by Crippen LogP contribution is 2.40. The molecule has 6 rings (SSSR count). The molecule has 7 nitrogen and oxygen atoms in total. The average molecular weight is 1050 g/mol. The minimum absolute atomic E-state index is 0.00420. The molecule has 0 aliphatic heterocycles. The van der Waals surface area contributed by atoms with Crippen LogP contribution in [0.3, 0.4) is 0 Å². The first-order valence-electron chi connectivity index (χ1n) is 22.0. The quantitative estimate of drug-likeness (QED) is 0.0200. The Morgan fingerprint density at radius 2 is 0.681 bits per heavy atom. The summed E-state index contributed by atoms with van der Waals surface area (Å²) in [5.41, 5.74) is -5.01. The Hall–Kier alpha value is -6.87. The van der Waals surface area contributed by atoms with Crippen molar-refractivity contribution in [3.63, 3.8) is 0 Å². The molecule has 6 N–H and O–H groups in total. The Morgan fingerprint density at radius 3 is 0.931 bits per heavy atom. The normalized spacial score (nSPS) is 13.7. The second kappa shape index (κ2) is 23.6. The molecular weight excluding hydrogens is 1000 g/mol. The van der Waals surface area contributed by atoms with Gasteiger partial charge in [-0.25, -0.2) is 0 Å². The number of hydrogen-bond donors (Lipinski definition) is 6. The summed E-state index contributed by atoms with van der Waals surface area (Å²) in [6.45, 7) is 2.21. The lowest BCUT2D eigenvalue weighted by atomic mass is 9.92. The third kappa shape index (κ3) is 15.3. The van der Waals surface area contributed by atoms with Gasteiger partial charge in [0.05, 0.1) is 46.4 Å². The van der Waals surface area contributed by atoms with Gasteiger partial charge in [0.2, 0.25) is 0 Å². The Kier molecular flexibility index (Phi) is 17.8. The minimum atomic E-state index is -5.13. The van der Waals surface area contributed by atoms with E-state index < -0.39 is 82.5 Å². The van der Waals surface area contributed by atoms with Crippen LogP contribution < -0.4 is 31.9 Å². The number of hydrogen-bond acceptors (Lipinski definition) is 3. The van der Waals surface area contributed by atoms with Crippen LogP contribution in [0.5, 0.6) is 0 Å². The van der Waals surface area contributed by atoms with E-state index in [9.17, 15) is 52.7 Å². The molecule has 6 aromatic carbocycles. The van der Waals surface area contributed by atoms with Gasteiger partial charge in [-0.3, -0.25) is 4.99 Å². The molecule has 0 aliphatic carbocycles. The fraction of sp³-hybridized carbons (Fsp3) is 0.235. The van der Waals surface area contributed by atoms with Crippen molar-refractivity contribution in [3.05, 3.63) is 202 Å². The van der Waals surface area contributed by atoms with Crippen molar-refractivity contribution in [3.8, 4) is 0 Å². The highest BCUT2D eigenvalue weighted by molar-refractivity contribution is 7.80. The minimum Gasteiger partial charge on any atom is -0.353 e. The van der Waals surface area contributed by atoms with E-state index in [1.807, 2.05) is 6.92 Å². The fourth-order valence-corrected chi connectivity index (χ4v) is 8.02. The number of aliphatic imine (C=N–C) groups is 1. The predicted octanol–water partition coefficient (Wildman–Crippen LogP) is 14.3. The zero-order valence-corrected chi connectivity index (χ0v) is 39.4. The Morgan fingerprint density at radius 1 is 0.417 bits per heavy atom. The van der Waals surface area contributed by atoms with Gasteiger partial charge in [0.25, 0.3) is 0 Å². The summed E-state index contributed by atoms with van der Waals surface area (Å²) in [6, 6.07) is 33.4. The molecule has 0 heterocycles. The van der Waals surface area contributed by atoms with E-state index in [1.165, 1.54) is 0 Å². The maximum absolute atomic E-state index is 13.9. The van der Waals surface area contributed by atoms with Crippen molar-refractivity contribution in [1.29, 1.82) is 0 Å². The summed E-state index contributed by atoms with van der Waals surface area (Å²) in [5, 5.41) is 17.6. The first kappa shape index (κ1) is 54.5. The number of rotatable bonds is 15. The third-order valence-corrected chi connectivity index (χ3v) is 11.4. The van der Waals surface area contributed by atoms with E-state index in [1.54, 1.807) is 121 Å². The zero-order valence-electron chi connectivity index (χ0n) is 37.7. The van der Waals surface area contributed by atoms with Gasteiger partial charge >= 0.3 is 24.7 Å². The van der Waals surface area contributed by atoms with Gasteiger partial charge in [0.1, 0.15) is 0 Å². The molecule has 4 atom stereocenters. The Balaban J connectivity index is 1.42. The van der Waals surface area contributed by atoms with E-state index >= 15 is 0 Å². The smallest absolute Gasteiger partial charge is 0.353 e. The van der Waals surface area contributed by atoms with Gasteiger partial charge < -0.3 is 31.9 Å². The van der Waals surface area contributed by atoms with E-state index in [4.69, 9.17) is 29.4 Å². The van der Waals surface area contributed by atoms with E-state index in [2.05, 4.69) is 31.9 Å². The van der Waals surface area contributed by atoms with Gasteiger partial charge in [0.15, 0.2) is 16.2 Å². The first-order valence-corrected chi connectivity index (χ1v) is 22.8. The topological polar surface area (TPSA) is 84.5 Å². The molecule has 0 unspecified atom stereocenters. The van der Waals surface area contributed by atoms with Gasteiger partial charge in [-0.05, 0) is 89.5 Å². The second-order valence-electron chi connectivity index (χ2n) is 16.2. The molecule has 0 saturated carbocycles. The molecule has 0 spiro atoms. The summed E-state index contributed by atoms with van der Waals surface area (Å²) in [6.07, 6.45) is -19.2. The summed E-state index contributed by atoms with van der Waals surface area (Å²) < 4.78 is 166. The maximum Gasteiger partial charge on any atom is 0.416 e. The van der Waals surface area contributed by atoms with E-state index in [0.29, 0.717) is 52.9 Å². The molecule has 0 aromatic heterocycles. The molecule has 0 aliphatic rings. The number of nitrogens with zero attached hydrogens (tertiary/aromatic N) is 1. The third-order valence-electron chi connectivity index (χ3n) is 10.9. The van der Waals surface area contributed by atoms with Crippen molar-refractivity contribution in [1.82, 2.24) is 21.3 Å². The van der Waals surface area contributed by atoms with Crippen LogP contribution in [0.25, 0.3) is 0 Å². The standard InChI is InChI=1S/C51H45F12N7S2/c1-2-3-24-64-45(67-41(31-16-8-4-9-17-31)43(33-20-12-6-13-21-33)69-46(71)65-39-27-35(48(52,53)54)25-36(28-39)49(55,56)57)68-42(32-18-10-5-11-19-32)44(34-22-14-7-15-23-34)70-47(72)66-40-29-37(50(58,59)60)26-38(30-40)51(61,62)63/h4-23,25-30,41-44H,2-3,24H2,1H3,(H2,64,67,68)(H2,65,69,71)(H2,66,70,72)/t41-,42-,43-,44-/m1/s1. The Bertz CT molecular complexity index is 2510. The van der Waals surface area contributed by atoms with Crippen molar-refractivity contribution in [2.45, 2.75) is 68.6 Å². The van der Waals surface area contributed by atoms with Crippen LogP contribution in [-0.4, -0.2) is 22.7 Å². The number of benzene rings is 6. The zero-order chi connectivity index (χ0) is 52.3. The molecule has 380 valence electrons. The molecule has 0 radical (unpaired) electrons. The summed E-state index contributed by atoms with van der Waals surface area (Å²) in [4.78, 5) is 4.94. The van der Waals surface area contributed by atoms with Crippen LogP contribution in [-0.2, 0) is 24.7 Å². The average Bonchev–Trinajstić information content (AvgIpc) is 3.33. The van der Waals surface area contributed by atoms with Crippen molar-refractivity contribution in [2.75, 3.05) is 17.2 Å². The van der Waals surface area contributed by atoms with Crippen LogP contribution in [0, 0.1) is 0 Å². The maximum atomic E-state index is 13.9. The highest BCUT2D eigenvalue weighted by atomic mass is 32.1. The van der Waals surface area contributed by atoms with Gasteiger partial charge in [-0.2, -0.15) is 52.7 Å². The van der Waals surface area contributed by atoms with Crippen LogP contribution in [0.2, 0.25) is 0 Å². The second-order valence-corrected chi connectivity index (χ2v) is 17.0. The van der Waals surface area contributed by atoms with Crippen LogP contribution in [0.4, 0.5) is 64.1 Å². The fourth-order valence-electron chi connectivity index (χ4n) is 7.53. The molecule has 6 aromatic rings. The van der Waals surface area contributed by atoms with Gasteiger partial charge in [0, 0.05) is 17.9 Å². The predicted molar refractivity (Wildman–Crippen MR) is 262 cm³/mol. The summed E-state index contributed by atoms with van der Waals surface area (Å²) >= 11 is 11.2. The van der Waals surface area contributed by atoms with Crippen LogP contribution >= 0.6 is 24.4 Å². The molecule has 21 heteroatoms. The molecule has 72 heavy (non-hydrogen) atoms. The molecule has 0 fully saturated rings. The molecule has 0 bridgehead atoms. The number of thiocarbonyl (C=S) groups is 2. The number of unbranched alkanes of at least 4 members (excludes halogenated alkanes) is 1. The van der Waals surface area contributed by atoms with E-state index in [0.717, 1.165) is 6.42 Å². The van der Waals surface area contributed by atoms with E-state index in [-0.39, 0.29) is 34.9 Å². The molecule has 0 saturated heterocycles. The van der Waals surface area contributed by atoms with Crippen LogP contribution in [0.1, 0.15) is 88.4 Å². The number of halogens is 12. The van der Waals surface area contributed by atoms with Crippen LogP contribution in [0.15, 0.2) is 163 Å². The number of nitrogens with one attached hydrogen (secondary N) is 6. The SMILES string of the molecule is CCCCN=C(N[C@H](c1ccccc1)[C@H](NC(=S)Nc1cc(C(F)(F)F)cc(C(F)(F)F)c1)c1ccccc1)N[C@H](c1ccccc1)[C@H](NC(=S)Nc1cc(C(F)(F)F)cc(C(F)(F)F)c1)c1ccccc1. The lowest BCUT2D eigenvalue weighted by Gasteiger charge is -2.35. The molecular formula is C51H45F12N7S2. The van der Waals surface area contributed by atoms with Crippen molar-refractivity contribution in [2.24, 2.45) is 4.99 Å². The lowest BCUT2D eigenvalue weighted by molar-refractivity contribution is -0.144. The van der Waals surface area contributed by atoms with Gasteiger partial charge in [-0.1, -0.05) is 135 Å². The monoisotopic (exact) mass is 1050 g/mol. The molecule has 0 amide bonds. The number of guanidine groups is 1. The highest BCUT2D eigenvalue weighted by Gasteiger charge is 2.39. The van der Waals surface area contributed by atoms with Crippen molar-refractivity contribution >= 4 is 52.0 Å². The lowest BCUT2D eigenvalue weighted by Crippen LogP contribution is -2.49. The number of alkyl halides is 12.